The molecule has 1 heterocycles. The van der Waals surface area contributed by atoms with Gasteiger partial charge >= 0.3 is 0 Å². The first-order valence-electron chi connectivity index (χ1n) is 5.83. The second-order valence-electron chi connectivity index (χ2n) is 4.83. The van der Waals surface area contributed by atoms with Crippen LogP contribution in [-0.2, 0) is 14.8 Å². The Morgan fingerprint density at radius 3 is 2.63 bits per heavy atom. The van der Waals surface area contributed by atoms with Crippen LogP contribution in [0, 0.1) is 5.82 Å². The van der Waals surface area contributed by atoms with E-state index in [1.54, 1.807) is 12.1 Å². The standard InChI is InChI=1S/C12H15FN2O3S/c1-12(2)11(16)15(19(12,17)18)7-6-14-10-5-3-4-9(13)8-10/h3-5,8,14H,6-7H2,1-2H3. The zero-order valence-electron chi connectivity index (χ0n) is 10.7. The Morgan fingerprint density at radius 1 is 1.37 bits per heavy atom. The molecular formula is C12H15FN2O3S. The number of rotatable bonds is 4. The van der Waals surface area contributed by atoms with Gasteiger partial charge in [-0.15, -0.1) is 0 Å². The van der Waals surface area contributed by atoms with Crippen LogP contribution in [0.1, 0.15) is 13.8 Å². The zero-order valence-corrected chi connectivity index (χ0v) is 11.5. The third-order valence-corrected chi connectivity index (χ3v) is 5.54. The van der Waals surface area contributed by atoms with Gasteiger partial charge in [-0.05, 0) is 32.0 Å². The smallest absolute Gasteiger partial charge is 0.258 e. The molecule has 0 aromatic heterocycles. The van der Waals surface area contributed by atoms with Gasteiger partial charge in [-0.2, -0.15) is 0 Å². The largest absolute Gasteiger partial charge is 0.383 e. The van der Waals surface area contributed by atoms with Crippen molar-refractivity contribution in [3.63, 3.8) is 0 Å². The van der Waals surface area contributed by atoms with Gasteiger partial charge in [0, 0.05) is 12.2 Å². The maximum absolute atomic E-state index is 12.9. The minimum absolute atomic E-state index is 0.0428. The number of sulfonamides is 1. The molecule has 1 fully saturated rings. The molecule has 1 amide bonds. The van der Waals surface area contributed by atoms with Crippen LogP contribution in [0.3, 0.4) is 0 Å². The number of hydrogen-bond acceptors (Lipinski definition) is 4. The van der Waals surface area contributed by atoms with E-state index in [0.717, 1.165) is 4.31 Å². The van der Waals surface area contributed by atoms with Gasteiger partial charge in [0.1, 0.15) is 5.82 Å². The number of carbonyl (C=O) groups is 1. The lowest BCUT2D eigenvalue weighted by Crippen LogP contribution is -2.67. The molecule has 1 N–H and O–H groups in total. The average Bonchev–Trinajstić information content (AvgIpc) is 2.33. The van der Waals surface area contributed by atoms with Gasteiger partial charge in [0.25, 0.3) is 15.9 Å². The van der Waals surface area contributed by atoms with Gasteiger partial charge in [-0.3, -0.25) is 4.79 Å². The SMILES string of the molecule is CC1(C)C(=O)N(CCNc2cccc(F)c2)S1(=O)=O. The Hall–Kier alpha value is -1.63. The molecule has 0 radical (unpaired) electrons. The molecule has 104 valence electrons. The van der Waals surface area contributed by atoms with E-state index < -0.39 is 20.7 Å². The quantitative estimate of drug-likeness (QED) is 0.903. The highest BCUT2D eigenvalue weighted by Crippen LogP contribution is 2.34. The normalized spacial score (nSPS) is 19.9. The molecular weight excluding hydrogens is 271 g/mol. The summed E-state index contributed by atoms with van der Waals surface area (Å²) in [6, 6.07) is 5.83. The van der Waals surface area contributed by atoms with Crippen molar-refractivity contribution in [1.82, 2.24) is 4.31 Å². The molecule has 0 atom stereocenters. The molecule has 7 heteroatoms. The molecule has 2 rings (SSSR count). The van der Waals surface area contributed by atoms with E-state index in [-0.39, 0.29) is 18.9 Å². The lowest BCUT2D eigenvalue weighted by atomic mass is 10.2. The van der Waals surface area contributed by atoms with Crippen LogP contribution in [0.25, 0.3) is 0 Å². The minimum Gasteiger partial charge on any atom is -0.383 e. The monoisotopic (exact) mass is 286 g/mol. The lowest BCUT2D eigenvalue weighted by molar-refractivity contribution is -0.132. The highest BCUT2D eigenvalue weighted by Gasteiger charge is 2.59. The van der Waals surface area contributed by atoms with Crippen LogP contribution < -0.4 is 5.32 Å². The summed E-state index contributed by atoms with van der Waals surface area (Å²) in [6.45, 7) is 3.06. The fourth-order valence-corrected chi connectivity index (χ4v) is 3.41. The summed E-state index contributed by atoms with van der Waals surface area (Å²) in [6.07, 6.45) is 0. The predicted molar refractivity (Wildman–Crippen MR) is 69.6 cm³/mol. The molecule has 0 bridgehead atoms. The summed E-state index contributed by atoms with van der Waals surface area (Å²) in [7, 11) is -3.54. The summed E-state index contributed by atoms with van der Waals surface area (Å²) in [4.78, 5) is 11.7. The molecule has 1 aromatic rings. The first-order valence-corrected chi connectivity index (χ1v) is 7.27. The van der Waals surface area contributed by atoms with Gasteiger partial charge in [-0.25, -0.2) is 17.1 Å². The van der Waals surface area contributed by atoms with Crippen molar-refractivity contribution < 1.29 is 17.6 Å². The van der Waals surface area contributed by atoms with Crippen molar-refractivity contribution in [3.8, 4) is 0 Å². The van der Waals surface area contributed by atoms with Crippen LogP contribution in [0.4, 0.5) is 10.1 Å². The molecule has 19 heavy (non-hydrogen) atoms. The van der Waals surface area contributed by atoms with Crippen molar-refractivity contribution in [2.45, 2.75) is 18.6 Å². The molecule has 1 aliphatic heterocycles. The first-order chi connectivity index (χ1) is 8.76. The number of carbonyl (C=O) groups excluding carboxylic acids is 1. The number of nitrogens with one attached hydrogen (secondary N) is 1. The maximum Gasteiger partial charge on any atom is 0.258 e. The molecule has 1 aliphatic rings. The number of halogens is 1. The fourth-order valence-electron chi connectivity index (χ4n) is 1.88. The number of amides is 1. The molecule has 0 aliphatic carbocycles. The van der Waals surface area contributed by atoms with Crippen LogP contribution in [0.15, 0.2) is 24.3 Å². The highest BCUT2D eigenvalue weighted by molar-refractivity contribution is 7.94. The van der Waals surface area contributed by atoms with Gasteiger partial charge in [-0.1, -0.05) is 6.07 Å². The van der Waals surface area contributed by atoms with Crippen molar-refractivity contribution >= 4 is 21.6 Å². The Labute approximate surface area is 111 Å². The third kappa shape index (κ3) is 2.18. The van der Waals surface area contributed by atoms with E-state index in [4.69, 9.17) is 0 Å². The minimum atomic E-state index is -3.54. The van der Waals surface area contributed by atoms with E-state index in [0.29, 0.717) is 5.69 Å². The van der Waals surface area contributed by atoms with Crippen LogP contribution in [0.2, 0.25) is 0 Å². The van der Waals surface area contributed by atoms with Crippen molar-refractivity contribution in [1.29, 1.82) is 0 Å². The third-order valence-electron chi connectivity index (χ3n) is 3.15. The van der Waals surface area contributed by atoms with Crippen LogP contribution in [-0.4, -0.2) is 36.5 Å². The van der Waals surface area contributed by atoms with Gasteiger partial charge < -0.3 is 5.32 Å². The number of benzene rings is 1. The van der Waals surface area contributed by atoms with Gasteiger partial charge in [0.2, 0.25) is 0 Å². The van der Waals surface area contributed by atoms with Gasteiger partial charge in [0.15, 0.2) is 4.75 Å². The second kappa shape index (κ2) is 4.48. The Morgan fingerprint density at radius 2 is 2.05 bits per heavy atom. The number of nitrogens with zero attached hydrogens (tertiary/aromatic N) is 1. The Balaban J connectivity index is 1.93. The van der Waals surface area contributed by atoms with Crippen molar-refractivity contribution in [2.75, 3.05) is 18.4 Å². The first kappa shape index (κ1) is 13.8. The average molecular weight is 286 g/mol. The van der Waals surface area contributed by atoms with E-state index in [1.165, 1.54) is 26.0 Å². The van der Waals surface area contributed by atoms with Gasteiger partial charge in [0.05, 0.1) is 6.54 Å². The van der Waals surface area contributed by atoms with Crippen LogP contribution >= 0.6 is 0 Å². The maximum atomic E-state index is 12.9. The topological polar surface area (TPSA) is 66.5 Å². The van der Waals surface area contributed by atoms with Crippen molar-refractivity contribution in [3.05, 3.63) is 30.1 Å². The second-order valence-corrected chi connectivity index (χ2v) is 7.24. The lowest BCUT2D eigenvalue weighted by Gasteiger charge is -2.43. The van der Waals surface area contributed by atoms with E-state index in [1.807, 2.05) is 0 Å². The van der Waals surface area contributed by atoms with E-state index >= 15 is 0 Å². The zero-order chi connectivity index (χ0) is 14.3. The Kier molecular flexibility index (Phi) is 3.25. The van der Waals surface area contributed by atoms with E-state index in [9.17, 15) is 17.6 Å². The molecule has 1 saturated heterocycles. The molecule has 0 unspecified atom stereocenters. The number of hydrogen-bond donors (Lipinski definition) is 1. The molecule has 5 nitrogen and oxygen atoms in total. The molecule has 1 aromatic carbocycles. The van der Waals surface area contributed by atoms with Crippen LogP contribution in [0.5, 0.6) is 0 Å². The number of anilines is 1. The van der Waals surface area contributed by atoms with Crippen molar-refractivity contribution in [2.24, 2.45) is 0 Å². The summed E-state index contributed by atoms with van der Waals surface area (Å²) in [5.41, 5.74) is 0.546. The summed E-state index contributed by atoms with van der Waals surface area (Å²) in [5.74, 6) is -0.785. The molecule has 0 saturated carbocycles. The molecule has 0 spiro atoms. The summed E-state index contributed by atoms with van der Waals surface area (Å²) in [5, 5.41) is 2.87. The summed E-state index contributed by atoms with van der Waals surface area (Å²) < 4.78 is 36.0. The predicted octanol–water partition coefficient (Wildman–Crippen LogP) is 1.19. The Bertz CT molecular complexity index is 613. The van der Waals surface area contributed by atoms with E-state index in [2.05, 4.69) is 5.32 Å². The highest BCUT2D eigenvalue weighted by atomic mass is 32.2. The summed E-state index contributed by atoms with van der Waals surface area (Å²) >= 11 is 0. The fraction of sp³-hybridized carbons (Fsp3) is 0.417.